The van der Waals surface area contributed by atoms with E-state index in [2.05, 4.69) is 31.8 Å². The van der Waals surface area contributed by atoms with Crippen LogP contribution in [0.25, 0.3) is 0 Å². The maximum absolute atomic E-state index is 12.0. The van der Waals surface area contributed by atoms with Crippen molar-refractivity contribution in [2.75, 3.05) is 19.0 Å². The van der Waals surface area contributed by atoms with E-state index in [1.807, 2.05) is 18.2 Å². The molecule has 2 aromatic carbocycles. The van der Waals surface area contributed by atoms with E-state index in [0.29, 0.717) is 27.2 Å². The van der Waals surface area contributed by atoms with Crippen LogP contribution >= 0.6 is 15.9 Å². The van der Waals surface area contributed by atoms with Crippen molar-refractivity contribution in [3.05, 3.63) is 52.5 Å². The lowest BCUT2D eigenvalue weighted by Gasteiger charge is -2.13. The normalized spacial score (nSPS) is 10.4. The summed E-state index contributed by atoms with van der Waals surface area (Å²) in [6, 6.07) is 11.6. The lowest BCUT2D eigenvalue weighted by atomic mass is 10.2. The second-order valence-corrected chi connectivity index (χ2v) is 5.83. The van der Waals surface area contributed by atoms with Crippen LogP contribution < -0.4 is 25.9 Å². The molecule has 0 atom stereocenters. The maximum atomic E-state index is 12.0. The van der Waals surface area contributed by atoms with Gasteiger partial charge in [-0.15, -0.1) is 0 Å². The zero-order chi connectivity index (χ0) is 18.9. The minimum absolute atomic E-state index is 0.194. The molecule has 0 aliphatic carbocycles. The molecule has 0 spiro atoms. The van der Waals surface area contributed by atoms with Gasteiger partial charge in [-0.25, -0.2) is 10.2 Å². The van der Waals surface area contributed by atoms with Crippen molar-refractivity contribution < 1.29 is 19.1 Å². The topological polar surface area (TPSA) is 115 Å². The molecule has 0 heterocycles. The van der Waals surface area contributed by atoms with Crippen molar-refractivity contribution >= 4 is 39.8 Å². The van der Waals surface area contributed by atoms with Gasteiger partial charge >= 0.3 is 6.03 Å². The largest absolute Gasteiger partial charge is 0.493 e. The van der Waals surface area contributed by atoms with Gasteiger partial charge in [-0.05, 0) is 45.8 Å². The minimum atomic E-state index is -0.767. The van der Waals surface area contributed by atoms with E-state index in [1.165, 1.54) is 13.3 Å². The summed E-state index contributed by atoms with van der Waals surface area (Å²) in [4.78, 5) is 22.6. The molecule has 3 amide bonds. The molecular weight excluding hydrogens is 404 g/mol. The number of amides is 3. The van der Waals surface area contributed by atoms with E-state index in [1.54, 1.807) is 24.3 Å². The summed E-state index contributed by atoms with van der Waals surface area (Å²) in [7, 11) is 1.47. The van der Waals surface area contributed by atoms with Crippen LogP contribution in [0.5, 0.6) is 11.5 Å². The van der Waals surface area contributed by atoms with Gasteiger partial charge < -0.3 is 20.5 Å². The number of carbonyl (C=O) groups is 2. The minimum Gasteiger partial charge on any atom is -0.493 e. The summed E-state index contributed by atoms with van der Waals surface area (Å²) in [5, 5.41) is 6.40. The third-order valence-electron chi connectivity index (χ3n) is 3.05. The van der Waals surface area contributed by atoms with Crippen LogP contribution in [-0.2, 0) is 4.79 Å². The van der Waals surface area contributed by atoms with Gasteiger partial charge in [-0.3, -0.25) is 4.79 Å². The molecule has 0 fully saturated rings. The lowest BCUT2D eigenvalue weighted by molar-refractivity contribution is -0.118. The first kappa shape index (κ1) is 19.3. The predicted octanol–water partition coefficient (Wildman–Crippen LogP) is 2.48. The van der Waals surface area contributed by atoms with Gasteiger partial charge in [0, 0.05) is 5.69 Å². The first-order chi connectivity index (χ1) is 12.5. The van der Waals surface area contributed by atoms with Crippen molar-refractivity contribution in [2.24, 2.45) is 10.8 Å². The molecule has 0 saturated carbocycles. The molecule has 0 saturated heterocycles. The molecular formula is C17H17BrN4O4. The zero-order valence-corrected chi connectivity index (χ0v) is 15.4. The number of primary amides is 1. The number of benzene rings is 2. The SMILES string of the molecule is COc1cc(C=NNC(N)=O)cc(Br)c1OCC(=O)Nc1ccccc1. The fraction of sp³-hybridized carbons (Fsp3) is 0.118. The average molecular weight is 421 g/mol. The number of urea groups is 1. The van der Waals surface area contributed by atoms with Gasteiger partial charge in [0.1, 0.15) is 0 Å². The highest BCUT2D eigenvalue weighted by atomic mass is 79.9. The number of methoxy groups -OCH3 is 1. The third-order valence-corrected chi connectivity index (χ3v) is 3.63. The second kappa shape index (κ2) is 9.42. The van der Waals surface area contributed by atoms with Crippen LogP contribution in [0, 0.1) is 0 Å². The van der Waals surface area contributed by atoms with E-state index in [4.69, 9.17) is 15.2 Å². The predicted molar refractivity (Wildman–Crippen MR) is 102 cm³/mol. The quantitative estimate of drug-likeness (QED) is 0.471. The van der Waals surface area contributed by atoms with Crippen molar-refractivity contribution in [2.45, 2.75) is 0 Å². The Morgan fingerprint density at radius 2 is 2.00 bits per heavy atom. The first-order valence-corrected chi connectivity index (χ1v) is 8.22. The molecule has 0 bridgehead atoms. The fourth-order valence-electron chi connectivity index (χ4n) is 1.98. The maximum Gasteiger partial charge on any atom is 0.332 e. The Morgan fingerprint density at radius 1 is 1.27 bits per heavy atom. The van der Waals surface area contributed by atoms with Gasteiger partial charge in [0.15, 0.2) is 18.1 Å². The molecule has 0 aromatic heterocycles. The number of hydrogen-bond acceptors (Lipinski definition) is 5. The van der Waals surface area contributed by atoms with Crippen LogP contribution in [0.15, 0.2) is 52.0 Å². The molecule has 136 valence electrons. The highest BCUT2D eigenvalue weighted by molar-refractivity contribution is 9.10. The molecule has 0 aliphatic heterocycles. The molecule has 4 N–H and O–H groups in total. The summed E-state index contributed by atoms with van der Waals surface area (Å²) in [6.45, 7) is -0.194. The molecule has 2 aromatic rings. The number of nitrogens with two attached hydrogens (primary N) is 1. The van der Waals surface area contributed by atoms with Gasteiger partial charge in [-0.2, -0.15) is 5.10 Å². The number of hydrogen-bond donors (Lipinski definition) is 3. The molecule has 0 radical (unpaired) electrons. The van der Waals surface area contributed by atoms with Crippen molar-refractivity contribution in [3.8, 4) is 11.5 Å². The van der Waals surface area contributed by atoms with Crippen LogP contribution in [0.3, 0.4) is 0 Å². The number of para-hydroxylation sites is 1. The lowest BCUT2D eigenvalue weighted by Crippen LogP contribution is -2.24. The zero-order valence-electron chi connectivity index (χ0n) is 13.9. The number of anilines is 1. The Bertz CT molecular complexity index is 812. The Hall–Kier alpha value is -3.07. The monoisotopic (exact) mass is 420 g/mol. The number of nitrogens with zero attached hydrogens (tertiary/aromatic N) is 1. The van der Waals surface area contributed by atoms with E-state index in [9.17, 15) is 9.59 Å². The Morgan fingerprint density at radius 3 is 2.65 bits per heavy atom. The number of ether oxygens (including phenoxy) is 2. The molecule has 9 heteroatoms. The van der Waals surface area contributed by atoms with Crippen molar-refractivity contribution in [3.63, 3.8) is 0 Å². The molecule has 2 rings (SSSR count). The van der Waals surface area contributed by atoms with Gasteiger partial charge in [0.25, 0.3) is 5.91 Å². The van der Waals surface area contributed by atoms with Crippen molar-refractivity contribution in [1.82, 2.24) is 5.43 Å². The number of carbonyl (C=O) groups excluding carboxylic acids is 2. The fourth-order valence-corrected chi connectivity index (χ4v) is 2.56. The Labute approximate surface area is 158 Å². The second-order valence-electron chi connectivity index (χ2n) is 4.97. The van der Waals surface area contributed by atoms with Crippen LogP contribution in [0.1, 0.15) is 5.56 Å². The first-order valence-electron chi connectivity index (χ1n) is 7.43. The van der Waals surface area contributed by atoms with Crippen LogP contribution in [0.4, 0.5) is 10.5 Å². The Balaban J connectivity index is 2.05. The summed E-state index contributed by atoms with van der Waals surface area (Å²) < 4.78 is 11.4. The highest BCUT2D eigenvalue weighted by Crippen LogP contribution is 2.36. The number of hydrazone groups is 1. The Kier molecular flexibility index (Phi) is 6.98. The molecule has 0 unspecified atom stereocenters. The van der Waals surface area contributed by atoms with Gasteiger partial charge in [0.2, 0.25) is 0 Å². The molecule has 0 aliphatic rings. The van der Waals surface area contributed by atoms with Crippen LogP contribution in [0.2, 0.25) is 0 Å². The van der Waals surface area contributed by atoms with E-state index in [0.717, 1.165) is 0 Å². The summed E-state index contributed by atoms with van der Waals surface area (Å²) >= 11 is 3.37. The number of rotatable bonds is 7. The number of halogens is 1. The molecule has 8 nitrogen and oxygen atoms in total. The summed E-state index contributed by atoms with van der Waals surface area (Å²) in [5.41, 5.74) is 8.34. The van der Waals surface area contributed by atoms with E-state index < -0.39 is 6.03 Å². The highest BCUT2D eigenvalue weighted by Gasteiger charge is 2.13. The van der Waals surface area contributed by atoms with E-state index >= 15 is 0 Å². The summed E-state index contributed by atoms with van der Waals surface area (Å²) in [5.74, 6) is 0.463. The third kappa shape index (κ3) is 5.78. The number of nitrogens with one attached hydrogen (secondary N) is 2. The summed E-state index contributed by atoms with van der Waals surface area (Å²) in [6.07, 6.45) is 1.39. The van der Waals surface area contributed by atoms with E-state index in [-0.39, 0.29) is 12.5 Å². The van der Waals surface area contributed by atoms with Gasteiger partial charge in [0.05, 0.1) is 17.8 Å². The van der Waals surface area contributed by atoms with Gasteiger partial charge in [-0.1, -0.05) is 18.2 Å². The standard InChI is InChI=1S/C17H17BrN4O4/c1-25-14-8-11(9-20-22-17(19)24)7-13(18)16(14)26-10-15(23)21-12-5-3-2-4-6-12/h2-9H,10H2,1H3,(H,21,23)(H3,19,22,24). The van der Waals surface area contributed by atoms with Crippen molar-refractivity contribution in [1.29, 1.82) is 0 Å². The van der Waals surface area contributed by atoms with Crippen LogP contribution in [-0.4, -0.2) is 31.9 Å². The molecule has 26 heavy (non-hydrogen) atoms. The average Bonchev–Trinajstić information content (AvgIpc) is 2.61. The smallest absolute Gasteiger partial charge is 0.332 e.